The Balaban J connectivity index is 2.60. The molecule has 2 atom stereocenters. The van der Waals surface area contributed by atoms with Gasteiger partial charge in [0, 0.05) is 26.2 Å². The molecular weight excluding hydrogens is 507 g/mol. The van der Waals surface area contributed by atoms with Gasteiger partial charge >= 0.3 is 5.97 Å². The number of hydrogen-bond acceptors (Lipinski definition) is 8. The zero-order chi connectivity index (χ0) is 28.8. The Kier molecular flexibility index (Phi) is 13.9. The molecule has 0 radical (unpaired) electrons. The van der Waals surface area contributed by atoms with Crippen LogP contribution in [-0.2, 0) is 19.0 Å². The number of aliphatic hydroxyl groups excluding tert-OH is 2. The minimum atomic E-state index is -1.06. The second kappa shape index (κ2) is 16.9. The average molecular weight is 549 g/mol. The maximum absolute atomic E-state index is 13.9. The minimum absolute atomic E-state index is 0.0480. The number of benzene rings is 2. The minimum Gasteiger partial charge on any atom is -0.487 e. The van der Waals surface area contributed by atoms with Gasteiger partial charge < -0.3 is 33.9 Å². The van der Waals surface area contributed by atoms with Gasteiger partial charge in [0.2, 0.25) is 0 Å². The van der Waals surface area contributed by atoms with Gasteiger partial charge in [0.05, 0.1) is 38.4 Å². The summed E-state index contributed by atoms with van der Waals surface area (Å²) in [5, 5.41) is 20.9. The number of rotatable bonds is 17. The third-order valence-electron chi connectivity index (χ3n) is 5.86. The summed E-state index contributed by atoms with van der Waals surface area (Å²) in [5.74, 6) is 0.113. The predicted octanol–water partition coefficient (Wildman–Crippen LogP) is 4.74. The van der Waals surface area contributed by atoms with Crippen molar-refractivity contribution in [2.24, 2.45) is 0 Å². The first-order chi connectivity index (χ1) is 18.7. The molecule has 0 heterocycles. The fraction of sp³-hybridized carbons (Fsp3) is 0.500. The van der Waals surface area contributed by atoms with Gasteiger partial charge in [0.15, 0.2) is 11.5 Å². The van der Waals surface area contributed by atoms with Crippen LogP contribution in [0.3, 0.4) is 0 Å². The summed E-state index contributed by atoms with van der Waals surface area (Å²) < 4.78 is 41.3. The first kappa shape index (κ1) is 32.2. The average Bonchev–Trinajstić information content (AvgIpc) is 2.88. The largest absolute Gasteiger partial charge is 0.487 e. The second-order valence-electron chi connectivity index (χ2n) is 9.25. The molecule has 0 bridgehead atoms. The van der Waals surface area contributed by atoms with Crippen LogP contribution in [0.1, 0.15) is 50.7 Å². The van der Waals surface area contributed by atoms with Crippen molar-refractivity contribution in [2.45, 2.75) is 51.7 Å². The van der Waals surface area contributed by atoms with E-state index in [2.05, 4.69) is 0 Å². The maximum Gasteiger partial charge on any atom is 0.308 e. The maximum atomic E-state index is 13.9. The number of methoxy groups -OCH3 is 2. The summed E-state index contributed by atoms with van der Waals surface area (Å²) >= 11 is 0. The lowest BCUT2D eigenvalue weighted by atomic mass is 9.88. The van der Waals surface area contributed by atoms with E-state index in [1.165, 1.54) is 12.1 Å². The summed E-state index contributed by atoms with van der Waals surface area (Å²) in [7, 11) is 3.17. The summed E-state index contributed by atoms with van der Waals surface area (Å²) in [4.78, 5) is 11.7. The van der Waals surface area contributed by atoms with Gasteiger partial charge in [0.25, 0.3) is 0 Å². The van der Waals surface area contributed by atoms with Gasteiger partial charge in [-0.05, 0) is 47.7 Å². The van der Waals surface area contributed by atoms with Gasteiger partial charge in [-0.15, -0.1) is 0 Å². The van der Waals surface area contributed by atoms with Gasteiger partial charge in [-0.25, -0.2) is 4.39 Å². The van der Waals surface area contributed by atoms with E-state index in [1.807, 2.05) is 19.9 Å². The SMILES string of the molecule is CCOC(=O)CC(O)CC(O)C=Cc1c(C(C)C)cc(OCCOC)c(OCCOC)c1-c1ccc(F)cc1. The third kappa shape index (κ3) is 10.3. The molecule has 2 aromatic carbocycles. The van der Waals surface area contributed by atoms with E-state index < -0.39 is 18.2 Å². The molecule has 0 aliphatic carbocycles. The monoisotopic (exact) mass is 548 g/mol. The molecule has 39 heavy (non-hydrogen) atoms. The zero-order valence-electron chi connectivity index (χ0n) is 23.4. The molecule has 9 heteroatoms. The van der Waals surface area contributed by atoms with Crippen molar-refractivity contribution in [2.75, 3.05) is 47.3 Å². The summed E-state index contributed by atoms with van der Waals surface area (Å²) in [5.41, 5.74) is 3.03. The molecule has 216 valence electrons. The Hall–Kier alpha value is -2.98. The van der Waals surface area contributed by atoms with Crippen LogP contribution in [0.15, 0.2) is 36.4 Å². The van der Waals surface area contributed by atoms with Crippen LogP contribution >= 0.6 is 0 Å². The van der Waals surface area contributed by atoms with Gasteiger partial charge in [-0.1, -0.05) is 38.1 Å². The molecule has 2 aromatic rings. The summed E-state index contributed by atoms with van der Waals surface area (Å²) in [6, 6.07) is 7.96. The zero-order valence-corrected chi connectivity index (χ0v) is 23.4. The molecule has 0 aliphatic rings. The van der Waals surface area contributed by atoms with Crippen molar-refractivity contribution < 1.29 is 43.1 Å². The van der Waals surface area contributed by atoms with Crippen LogP contribution in [0, 0.1) is 5.82 Å². The molecule has 2 rings (SSSR count). The number of ether oxygens (including phenoxy) is 5. The smallest absolute Gasteiger partial charge is 0.308 e. The van der Waals surface area contributed by atoms with Crippen molar-refractivity contribution in [3.8, 4) is 22.6 Å². The molecule has 0 amide bonds. The quantitative estimate of drug-likeness (QED) is 0.216. The molecular formula is C30H41FO8. The Morgan fingerprint density at radius 3 is 2.23 bits per heavy atom. The van der Waals surface area contributed by atoms with Crippen LogP contribution in [-0.4, -0.2) is 75.6 Å². The Morgan fingerprint density at radius 2 is 1.64 bits per heavy atom. The van der Waals surface area contributed by atoms with Gasteiger partial charge in [0.1, 0.15) is 19.0 Å². The molecule has 0 aromatic heterocycles. The number of aliphatic hydroxyl groups is 2. The van der Waals surface area contributed by atoms with E-state index in [0.717, 1.165) is 11.1 Å². The highest BCUT2D eigenvalue weighted by atomic mass is 19.1. The standard InChI is InChI=1S/C30H41FO8/c1-6-37-28(34)18-24(33)17-23(32)11-12-25-26(20(2)3)19-27(38-15-13-35-4)30(39-16-14-36-5)29(25)21-7-9-22(31)10-8-21/h7-12,19-20,23-24,32-33H,6,13-18H2,1-5H3. The van der Waals surface area contributed by atoms with Crippen molar-refractivity contribution in [3.63, 3.8) is 0 Å². The molecule has 0 saturated heterocycles. The van der Waals surface area contributed by atoms with E-state index in [0.29, 0.717) is 42.4 Å². The number of carbonyl (C=O) groups excluding carboxylic acids is 1. The lowest BCUT2D eigenvalue weighted by molar-refractivity contribution is -0.145. The number of halogens is 1. The number of hydrogen-bond donors (Lipinski definition) is 2. The topological polar surface area (TPSA) is 104 Å². The van der Waals surface area contributed by atoms with Crippen molar-refractivity contribution in [1.29, 1.82) is 0 Å². The first-order valence-corrected chi connectivity index (χ1v) is 13.1. The Bertz CT molecular complexity index is 1050. The van der Waals surface area contributed by atoms with E-state index in [4.69, 9.17) is 23.7 Å². The molecule has 0 saturated carbocycles. The molecule has 0 spiro atoms. The highest BCUT2D eigenvalue weighted by Crippen LogP contribution is 2.45. The van der Waals surface area contributed by atoms with E-state index in [9.17, 15) is 19.4 Å². The van der Waals surface area contributed by atoms with Gasteiger partial charge in [-0.2, -0.15) is 0 Å². The summed E-state index contributed by atoms with van der Waals surface area (Å²) in [6.07, 6.45) is 0.973. The fourth-order valence-corrected chi connectivity index (χ4v) is 4.01. The fourth-order valence-electron chi connectivity index (χ4n) is 4.01. The van der Waals surface area contributed by atoms with Crippen LogP contribution in [0.25, 0.3) is 17.2 Å². The predicted molar refractivity (Wildman–Crippen MR) is 148 cm³/mol. The molecule has 0 fully saturated rings. The molecule has 2 N–H and O–H groups in total. The highest BCUT2D eigenvalue weighted by Gasteiger charge is 2.23. The van der Waals surface area contributed by atoms with Crippen LogP contribution in [0.2, 0.25) is 0 Å². The molecule has 2 unspecified atom stereocenters. The van der Waals surface area contributed by atoms with E-state index in [1.54, 1.807) is 45.4 Å². The lowest BCUT2D eigenvalue weighted by Gasteiger charge is -2.23. The van der Waals surface area contributed by atoms with E-state index in [-0.39, 0.29) is 37.8 Å². The molecule has 8 nitrogen and oxygen atoms in total. The van der Waals surface area contributed by atoms with Gasteiger partial charge in [-0.3, -0.25) is 4.79 Å². The normalized spacial score (nSPS) is 13.1. The second-order valence-corrected chi connectivity index (χ2v) is 9.25. The van der Waals surface area contributed by atoms with Crippen molar-refractivity contribution in [3.05, 3.63) is 53.4 Å². The van der Waals surface area contributed by atoms with E-state index >= 15 is 0 Å². The third-order valence-corrected chi connectivity index (χ3v) is 5.86. The van der Waals surface area contributed by atoms with Crippen molar-refractivity contribution in [1.82, 2.24) is 0 Å². The lowest BCUT2D eigenvalue weighted by Crippen LogP contribution is -2.20. The van der Waals surface area contributed by atoms with Crippen LogP contribution < -0.4 is 9.47 Å². The Labute approximate surface area is 230 Å². The Morgan fingerprint density at radius 1 is 1.00 bits per heavy atom. The van der Waals surface area contributed by atoms with Crippen LogP contribution in [0.5, 0.6) is 11.5 Å². The molecule has 0 aliphatic heterocycles. The van der Waals surface area contributed by atoms with Crippen molar-refractivity contribution >= 4 is 12.0 Å². The van der Waals surface area contributed by atoms with Crippen LogP contribution in [0.4, 0.5) is 4.39 Å². The summed E-state index contributed by atoms with van der Waals surface area (Å²) in [6.45, 7) is 7.24. The first-order valence-electron chi connectivity index (χ1n) is 13.1. The number of esters is 1. The number of carbonyl (C=O) groups is 1. The highest BCUT2D eigenvalue weighted by molar-refractivity contribution is 5.85.